The summed E-state index contributed by atoms with van der Waals surface area (Å²) in [5.41, 5.74) is 0. The van der Waals surface area contributed by atoms with E-state index >= 15 is 0 Å². The zero-order chi connectivity index (χ0) is 46.2. The fourth-order valence-electron chi connectivity index (χ4n) is 0.604. The van der Waals surface area contributed by atoms with Crippen LogP contribution in [0, 0.1) is 42.4 Å². The number of aldehydes is 1. The van der Waals surface area contributed by atoms with Crippen LogP contribution in [0.4, 0.5) is 0 Å². The van der Waals surface area contributed by atoms with E-state index in [0.717, 1.165) is 6.29 Å². The molecule has 0 radical (unpaired) electrons. The molecule has 0 aliphatic heterocycles. The molecule has 0 aromatic heterocycles. The summed E-state index contributed by atoms with van der Waals surface area (Å²) in [7, 11) is 10.3. The van der Waals surface area contributed by atoms with Gasteiger partial charge in [0.1, 0.15) is 24.5 Å². The number of Topliss-reactive ketones (excluding diaryl/α,β-unsaturated/α-hetero) is 3. The van der Waals surface area contributed by atoms with Crippen LogP contribution in [-0.2, 0) is 66.9 Å². The highest BCUT2D eigenvalue weighted by molar-refractivity contribution is 5.77. The lowest BCUT2D eigenvalue weighted by Crippen LogP contribution is -2.16. The van der Waals surface area contributed by atoms with E-state index in [2.05, 4.69) is 64.5 Å². The molecule has 0 heterocycles. The van der Waals surface area contributed by atoms with E-state index in [1.165, 1.54) is 97.2 Å². The van der Waals surface area contributed by atoms with Gasteiger partial charge < -0.3 is 49.3 Å². The summed E-state index contributed by atoms with van der Waals surface area (Å²) in [6.45, 7) is 16.7. The molecular weight excluding hydrogens is 734 g/mol. The van der Waals surface area contributed by atoms with Crippen molar-refractivity contribution in [1.82, 2.24) is 16.0 Å². The van der Waals surface area contributed by atoms with E-state index in [4.69, 9.17) is 11.2 Å². The average Bonchev–Trinajstić information content (AvgIpc) is 3.11. The van der Waals surface area contributed by atoms with E-state index < -0.39 is 0 Å². The van der Waals surface area contributed by atoms with Gasteiger partial charge in [-0.1, -0.05) is 14.4 Å². The summed E-state index contributed by atoms with van der Waals surface area (Å²) in [5.74, 6) is 11.6. The lowest BCUT2D eigenvalue weighted by molar-refractivity contribution is -0.138. The predicted molar refractivity (Wildman–Crippen MR) is 218 cm³/mol. The Kier molecular flexibility index (Phi) is 110. The van der Waals surface area contributed by atoms with Gasteiger partial charge in [0, 0.05) is 69.3 Å². The molecule has 17 nitrogen and oxygen atoms in total. The van der Waals surface area contributed by atoms with Gasteiger partial charge in [-0.15, -0.1) is 12.3 Å². The first-order valence-corrected chi connectivity index (χ1v) is 15.7. The van der Waals surface area contributed by atoms with Crippen LogP contribution in [0.1, 0.15) is 96.4 Å². The van der Waals surface area contributed by atoms with Gasteiger partial charge >= 0.3 is 17.9 Å². The van der Waals surface area contributed by atoms with Crippen molar-refractivity contribution >= 4 is 59.3 Å². The van der Waals surface area contributed by atoms with Crippen LogP contribution in [0.3, 0.4) is 0 Å². The van der Waals surface area contributed by atoms with Crippen molar-refractivity contribution in [3.8, 4) is 36.0 Å². The minimum Gasteiger partial charge on any atom is -0.469 e. The number of carbonyl (C=O) groups excluding carboxylic acids is 10. The van der Waals surface area contributed by atoms with Crippen LogP contribution in [0.25, 0.3) is 0 Å². The van der Waals surface area contributed by atoms with Crippen LogP contribution in [0.5, 0.6) is 0 Å². The molecule has 0 fully saturated rings. The van der Waals surface area contributed by atoms with Gasteiger partial charge in [-0.2, -0.15) is 6.42 Å². The number of hydrogen-bond acceptors (Lipinski definition) is 14. The number of ketones is 3. The summed E-state index contributed by atoms with van der Waals surface area (Å²) in [6.07, 6.45) is 8.07. The first-order chi connectivity index (χ1) is 25.3. The van der Waals surface area contributed by atoms with Crippen molar-refractivity contribution < 1.29 is 66.9 Å². The van der Waals surface area contributed by atoms with Crippen LogP contribution in [-0.4, -0.2) is 115 Å². The molecule has 56 heavy (non-hydrogen) atoms. The van der Waals surface area contributed by atoms with E-state index in [1.54, 1.807) is 28.1 Å². The normalized spacial score (nSPS) is 6.59. The second-order valence-electron chi connectivity index (χ2n) is 8.78. The third kappa shape index (κ3) is 294. The summed E-state index contributed by atoms with van der Waals surface area (Å²) < 4.78 is 16.8. The maximum absolute atomic E-state index is 10.6. The molecule has 3 amide bonds. The summed E-state index contributed by atoms with van der Waals surface area (Å²) in [4.78, 5) is 96.8. The van der Waals surface area contributed by atoms with Crippen molar-refractivity contribution in [3.05, 3.63) is 6.42 Å². The molecule has 3 N–H and O–H groups in total. The molecule has 0 spiro atoms. The van der Waals surface area contributed by atoms with Gasteiger partial charge in [-0.3, -0.25) is 39.5 Å². The molecule has 0 atom stereocenters. The van der Waals surface area contributed by atoms with Gasteiger partial charge in [0.05, 0.1) is 21.3 Å². The molecule has 0 rings (SSSR count). The Balaban J connectivity index is -0.0000000458. The van der Waals surface area contributed by atoms with Crippen LogP contribution in [0.15, 0.2) is 0 Å². The number of methoxy groups -OCH3 is 4. The van der Waals surface area contributed by atoms with Crippen LogP contribution >= 0.6 is 0 Å². The van der Waals surface area contributed by atoms with Crippen LogP contribution in [0.2, 0.25) is 0 Å². The number of esters is 3. The Morgan fingerprint density at radius 2 is 0.893 bits per heavy atom. The van der Waals surface area contributed by atoms with Gasteiger partial charge in [-0.05, 0) is 52.9 Å². The Bertz CT molecular complexity index is 1070. The summed E-state index contributed by atoms with van der Waals surface area (Å²) in [6, 6.07) is 0. The number of amides is 3. The Morgan fingerprint density at radius 3 is 1.02 bits per heavy atom. The Morgan fingerprint density at radius 1 is 0.625 bits per heavy atom. The number of carbonyl (C=O) groups is 10. The predicted octanol–water partition coefficient (Wildman–Crippen LogP) is 2.65. The first-order valence-electron chi connectivity index (χ1n) is 15.7. The quantitative estimate of drug-likeness (QED) is 0.119. The van der Waals surface area contributed by atoms with Crippen molar-refractivity contribution in [2.75, 3.05) is 56.2 Å². The maximum Gasteiger partial charge on any atom is 0.302 e. The number of terminal acetylenes is 1. The largest absolute Gasteiger partial charge is 0.469 e. The number of nitrogens with one attached hydrogen (secondary N) is 3. The molecule has 0 saturated carbocycles. The number of rotatable bonds is 5. The molecule has 326 valence electrons. The van der Waals surface area contributed by atoms with Crippen molar-refractivity contribution in [2.45, 2.75) is 96.4 Å². The standard InChI is InChI=1S/C10H8NO.C4H8O2.C4H8O.2C3H7NO.3C3H6O2.C3H6O.C2H4O.CH4/c1-3-4-5-6-7-8-9-10(12)11-2;1-4(5)3-6-2;1-3-4(2)5;2*1-3(5)4-2;3*1-3(4)5-2;1-3(2)4;1-2-3;/h1,8H,9H2,2H3,(H,11,12);3H2,1-2H3;3H2,1-2H3;2*1-2H3,(H,4,5);3*1-2H3;1-2H3;2H,1H3;1H4/q-1;;;;;;;;;;. The minimum atomic E-state index is -0.245. The van der Waals surface area contributed by atoms with Gasteiger partial charge in [0.15, 0.2) is 5.78 Å². The van der Waals surface area contributed by atoms with E-state index in [1.807, 2.05) is 6.92 Å². The van der Waals surface area contributed by atoms with E-state index in [0.29, 0.717) is 6.42 Å². The molecule has 0 aliphatic rings. The smallest absolute Gasteiger partial charge is 0.302 e. The zero-order valence-electron chi connectivity index (χ0n) is 36.1. The lowest BCUT2D eigenvalue weighted by Gasteiger charge is -1.97. The van der Waals surface area contributed by atoms with Gasteiger partial charge in [0.2, 0.25) is 17.7 Å². The topological polar surface area (TPSA) is 244 Å². The highest BCUT2D eigenvalue weighted by atomic mass is 16.5. The zero-order valence-corrected chi connectivity index (χ0v) is 36.1. The summed E-state index contributed by atoms with van der Waals surface area (Å²) >= 11 is 0. The van der Waals surface area contributed by atoms with E-state index in [9.17, 15) is 43.2 Å². The minimum absolute atomic E-state index is 0. The number of hydrogen-bond donors (Lipinski definition) is 3. The maximum atomic E-state index is 10.6. The van der Waals surface area contributed by atoms with Crippen molar-refractivity contribution in [1.29, 1.82) is 0 Å². The Labute approximate surface area is 336 Å². The molecule has 0 unspecified atom stereocenters. The molecule has 0 bridgehead atoms. The second-order valence-corrected chi connectivity index (χ2v) is 8.78. The van der Waals surface area contributed by atoms with Crippen LogP contribution < -0.4 is 16.0 Å². The fourth-order valence-corrected chi connectivity index (χ4v) is 0.604. The lowest BCUT2D eigenvalue weighted by atomic mass is 10.3. The molecule has 17 heteroatoms. The fraction of sp³-hybridized carbons (Fsp3) is 0.564. The molecule has 0 aliphatic carbocycles. The summed E-state index contributed by atoms with van der Waals surface area (Å²) in [5, 5.41) is 7.24. The SMILES string of the molecule is C.C#CC#CC#C[CH-]CC(=O)NC.CC(C)=O.CC=O.CCC(C)=O.CNC(C)=O.CNC(C)=O.COC(C)=O.COC(C)=O.COC(C)=O.COCC(C)=O. The third-order valence-corrected chi connectivity index (χ3v) is 3.35. The van der Waals surface area contributed by atoms with Crippen molar-refractivity contribution in [3.63, 3.8) is 0 Å². The van der Waals surface area contributed by atoms with Gasteiger partial charge in [-0.25, -0.2) is 5.92 Å². The highest BCUT2D eigenvalue weighted by Gasteiger charge is 1.87. The highest BCUT2D eigenvalue weighted by Crippen LogP contribution is 1.82. The Hall–Kier alpha value is -5.99. The average molecular weight is 805 g/mol. The monoisotopic (exact) mass is 804 g/mol. The van der Waals surface area contributed by atoms with Crippen molar-refractivity contribution in [2.24, 2.45) is 0 Å². The van der Waals surface area contributed by atoms with Gasteiger partial charge in [0.25, 0.3) is 0 Å². The third-order valence-electron chi connectivity index (χ3n) is 3.35. The second kappa shape index (κ2) is 78.2. The van der Waals surface area contributed by atoms with E-state index in [-0.39, 0.29) is 73.4 Å². The molecular formula is C39H70N3O14-. The molecule has 0 aromatic rings. The first kappa shape index (κ1) is 78.9. The molecule has 0 aromatic carbocycles. The number of ether oxygens (including phenoxy) is 4. The molecule has 0 saturated heterocycles.